The number of aliphatic hydroxyl groups excluding tert-OH is 1. The Morgan fingerprint density at radius 3 is 2.74 bits per heavy atom. The summed E-state index contributed by atoms with van der Waals surface area (Å²) in [5, 5.41) is 9.79. The number of primary amides is 1. The highest BCUT2D eigenvalue weighted by atomic mass is 79.9. The number of amides is 1. The van der Waals surface area contributed by atoms with Crippen LogP contribution >= 0.6 is 15.9 Å². The van der Waals surface area contributed by atoms with Crippen LogP contribution < -0.4 is 10.6 Å². The first-order valence-electron chi connectivity index (χ1n) is 7.64. The molecule has 23 heavy (non-hydrogen) atoms. The normalized spacial score (nSPS) is 25.3. The Hall–Kier alpha value is -1.34. The molecule has 6 nitrogen and oxygen atoms in total. The molecule has 0 bridgehead atoms. The third-order valence-electron chi connectivity index (χ3n) is 4.36. The SMILES string of the molecule is CC(C)(C)C1CC(CO)(OC(N)=O)CCN1c1ccc(Br)cn1. The molecule has 1 aromatic heterocycles. The Bertz CT molecular complexity index is 559. The van der Waals surface area contributed by atoms with Gasteiger partial charge in [-0.25, -0.2) is 9.78 Å². The lowest BCUT2D eigenvalue weighted by Gasteiger charge is -2.50. The van der Waals surface area contributed by atoms with Crippen LogP contribution in [0.1, 0.15) is 33.6 Å². The van der Waals surface area contributed by atoms with Gasteiger partial charge in [-0.1, -0.05) is 20.8 Å². The van der Waals surface area contributed by atoms with Gasteiger partial charge in [0.25, 0.3) is 0 Å². The maximum absolute atomic E-state index is 11.2. The van der Waals surface area contributed by atoms with Gasteiger partial charge in [0, 0.05) is 36.1 Å². The van der Waals surface area contributed by atoms with Crippen LogP contribution in [-0.4, -0.2) is 41.0 Å². The number of nitrogens with zero attached hydrogens (tertiary/aromatic N) is 2. The summed E-state index contributed by atoms with van der Waals surface area (Å²) in [6.45, 7) is 6.78. The minimum Gasteiger partial charge on any atom is -0.440 e. The van der Waals surface area contributed by atoms with E-state index in [0.29, 0.717) is 19.4 Å². The topological polar surface area (TPSA) is 88.7 Å². The summed E-state index contributed by atoms with van der Waals surface area (Å²) < 4.78 is 6.21. The van der Waals surface area contributed by atoms with Gasteiger partial charge in [0.15, 0.2) is 0 Å². The zero-order valence-corrected chi connectivity index (χ0v) is 15.3. The van der Waals surface area contributed by atoms with E-state index in [1.54, 1.807) is 6.20 Å². The van der Waals surface area contributed by atoms with Gasteiger partial charge in [0.1, 0.15) is 11.4 Å². The van der Waals surface area contributed by atoms with E-state index in [1.807, 2.05) is 12.1 Å². The Morgan fingerprint density at radius 1 is 1.57 bits per heavy atom. The molecule has 7 heteroatoms. The summed E-state index contributed by atoms with van der Waals surface area (Å²) in [4.78, 5) is 17.9. The van der Waals surface area contributed by atoms with Crippen molar-refractivity contribution in [2.75, 3.05) is 18.1 Å². The van der Waals surface area contributed by atoms with E-state index in [9.17, 15) is 9.90 Å². The molecular formula is C16H24BrN3O3. The first kappa shape index (κ1) is 18.0. The zero-order valence-electron chi connectivity index (χ0n) is 13.8. The molecule has 1 aliphatic heterocycles. The summed E-state index contributed by atoms with van der Waals surface area (Å²) in [5.41, 5.74) is 4.19. The Balaban J connectivity index is 2.32. The molecule has 2 heterocycles. The molecule has 2 atom stereocenters. The van der Waals surface area contributed by atoms with E-state index < -0.39 is 11.7 Å². The fourth-order valence-corrected chi connectivity index (χ4v) is 3.35. The smallest absolute Gasteiger partial charge is 0.405 e. The van der Waals surface area contributed by atoms with Crippen LogP contribution in [0.25, 0.3) is 0 Å². The number of anilines is 1. The van der Waals surface area contributed by atoms with Gasteiger partial charge >= 0.3 is 6.09 Å². The highest BCUT2D eigenvalue weighted by Crippen LogP contribution is 2.40. The lowest BCUT2D eigenvalue weighted by atomic mass is 9.75. The third kappa shape index (κ3) is 4.14. The van der Waals surface area contributed by atoms with Crippen LogP contribution in [0.5, 0.6) is 0 Å². The van der Waals surface area contributed by atoms with Crippen molar-refractivity contribution in [3.05, 3.63) is 22.8 Å². The number of ether oxygens (including phenoxy) is 1. The first-order chi connectivity index (χ1) is 10.7. The molecule has 2 rings (SSSR count). The predicted molar refractivity (Wildman–Crippen MR) is 92.2 cm³/mol. The Morgan fingerprint density at radius 2 is 2.26 bits per heavy atom. The van der Waals surface area contributed by atoms with Crippen molar-refractivity contribution in [2.45, 2.75) is 45.3 Å². The molecule has 0 aliphatic carbocycles. The molecule has 0 radical (unpaired) electrons. The fourth-order valence-electron chi connectivity index (χ4n) is 3.11. The summed E-state index contributed by atoms with van der Waals surface area (Å²) in [6, 6.07) is 3.97. The number of aromatic nitrogens is 1. The molecule has 1 amide bonds. The van der Waals surface area contributed by atoms with Gasteiger partial charge in [-0.2, -0.15) is 0 Å². The van der Waals surface area contributed by atoms with Gasteiger partial charge in [-0.05, 0) is 33.5 Å². The van der Waals surface area contributed by atoms with E-state index in [1.165, 1.54) is 0 Å². The lowest BCUT2D eigenvalue weighted by molar-refractivity contribution is -0.0590. The number of hydrogen-bond donors (Lipinski definition) is 2. The number of carbonyl (C=O) groups excluding carboxylic acids is 1. The van der Waals surface area contributed by atoms with Gasteiger partial charge < -0.3 is 20.5 Å². The van der Waals surface area contributed by atoms with E-state index in [4.69, 9.17) is 10.5 Å². The number of rotatable bonds is 3. The predicted octanol–water partition coefficient (Wildman–Crippen LogP) is 2.69. The van der Waals surface area contributed by atoms with Crippen molar-refractivity contribution in [3.63, 3.8) is 0 Å². The number of carbonyl (C=O) groups is 1. The maximum Gasteiger partial charge on any atom is 0.405 e. The summed E-state index contributed by atoms with van der Waals surface area (Å²) in [5.74, 6) is 0.874. The van der Waals surface area contributed by atoms with Crippen LogP contribution in [0, 0.1) is 5.41 Å². The first-order valence-corrected chi connectivity index (χ1v) is 8.44. The molecule has 3 N–H and O–H groups in total. The molecule has 1 aliphatic rings. The monoisotopic (exact) mass is 385 g/mol. The Kier molecular flexibility index (Phi) is 5.20. The van der Waals surface area contributed by atoms with Crippen molar-refractivity contribution in [1.82, 2.24) is 4.98 Å². The number of halogens is 1. The van der Waals surface area contributed by atoms with Crippen LogP contribution in [0.2, 0.25) is 0 Å². The standard InChI is InChI=1S/C16H24BrN3O3/c1-15(2,3)12-8-16(10-21,23-14(18)22)6-7-20(12)13-5-4-11(17)9-19-13/h4-5,9,12,21H,6-8,10H2,1-3H3,(H2,18,22). The van der Waals surface area contributed by atoms with Gasteiger partial charge in [-0.3, -0.25) is 0 Å². The van der Waals surface area contributed by atoms with E-state index in [-0.39, 0.29) is 18.1 Å². The van der Waals surface area contributed by atoms with Gasteiger partial charge in [0.05, 0.1) is 6.61 Å². The van der Waals surface area contributed by atoms with Crippen molar-refractivity contribution >= 4 is 27.8 Å². The molecule has 0 aromatic carbocycles. The van der Waals surface area contributed by atoms with Crippen LogP contribution in [0.4, 0.5) is 10.6 Å². The Labute approximate surface area is 145 Å². The second-order valence-electron chi connectivity index (χ2n) is 7.13. The highest BCUT2D eigenvalue weighted by Gasteiger charge is 2.46. The zero-order chi connectivity index (χ0) is 17.3. The van der Waals surface area contributed by atoms with E-state index >= 15 is 0 Å². The van der Waals surface area contributed by atoms with Gasteiger partial charge in [0.2, 0.25) is 0 Å². The van der Waals surface area contributed by atoms with Crippen molar-refractivity contribution < 1.29 is 14.6 Å². The number of nitrogens with two attached hydrogens (primary N) is 1. The molecule has 0 saturated carbocycles. The molecule has 128 valence electrons. The molecule has 1 aromatic rings. The van der Waals surface area contributed by atoms with Crippen molar-refractivity contribution in [2.24, 2.45) is 11.1 Å². The highest BCUT2D eigenvalue weighted by molar-refractivity contribution is 9.10. The average molecular weight is 386 g/mol. The van der Waals surface area contributed by atoms with E-state index in [2.05, 4.69) is 46.6 Å². The number of aliphatic hydroxyl groups is 1. The minimum absolute atomic E-state index is 0.0522. The molecule has 1 saturated heterocycles. The van der Waals surface area contributed by atoms with Crippen molar-refractivity contribution in [3.8, 4) is 0 Å². The summed E-state index contributed by atoms with van der Waals surface area (Å²) in [6.07, 6.45) is 1.94. The summed E-state index contributed by atoms with van der Waals surface area (Å²) >= 11 is 3.40. The van der Waals surface area contributed by atoms with Crippen LogP contribution in [-0.2, 0) is 4.74 Å². The molecule has 2 unspecified atom stereocenters. The molecule has 1 fully saturated rings. The maximum atomic E-state index is 11.2. The largest absolute Gasteiger partial charge is 0.440 e. The quantitative estimate of drug-likeness (QED) is 0.834. The third-order valence-corrected chi connectivity index (χ3v) is 4.83. The lowest BCUT2D eigenvalue weighted by Crippen LogP contribution is -2.58. The average Bonchev–Trinajstić information content (AvgIpc) is 2.47. The van der Waals surface area contributed by atoms with E-state index in [0.717, 1.165) is 10.3 Å². The molecule has 0 spiro atoms. The second kappa shape index (κ2) is 6.65. The second-order valence-corrected chi connectivity index (χ2v) is 8.04. The number of pyridine rings is 1. The van der Waals surface area contributed by atoms with Gasteiger partial charge in [-0.15, -0.1) is 0 Å². The van der Waals surface area contributed by atoms with Crippen LogP contribution in [0.3, 0.4) is 0 Å². The number of hydrogen-bond acceptors (Lipinski definition) is 5. The minimum atomic E-state index is -0.921. The van der Waals surface area contributed by atoms with Crippen molar-refractivity contribution in [1.29, 1.82) is 0 Å². The molecular weight excluding hydrogens is 362 g/mol. The fraction of sp³-hybridized carbons (Fsp3) is 0.625. The number of piperidine rings is 1. The van der Waals surface area contributed by atoms with Crippen LogP contribution in [0.15, 0.2) is 22.8 Å². The summed E-state index contributed by atoms with van der Waals surface area (Å²) in [7, 11) is 0.